The van der Waals surface area contributed by atoms with Crippen molar-refractivity contribution in [2.75, 3.05) is 18.4 Å². The van der Waals surface area contributed by atoms with E-state index >= 15 is 0 Å². The van der Waals surface area contributed by atoms with Crippen LogP contribution in [0.2, 0.25) is 5.02 Å². The van der Waals surface area contributed by atoms with Gasteiger partial charge in [0.05, 0.1) is 5.69 Å². The van der Waals surface area contributed by atoms with Gasteiger partial charge in [0.2, 0.25) is 11.8 Å². The summed E-state index contributed by atoms with van der Waals surface area (Å²) in [6.07, 6.45) is 1.34. The van der Waals surface area contributed by atoms with Crippen molar-refractivity contribution < 1.29 is 14.3 Å². The van der Waals surface area contributed by atoms with Gasteiger partial charge < -0.3 is 15.0 Å². The number of piperidine rings is 1. The zero-order valence-corrected chi connectivity index (χ0v) is 18.5. The molecule has 1 N–H and O–H groups in total. The van der Waals surface area contributed by atoms with E-state index in [1.807, 2.05) is 36.4 Å². The second-order valence-corrected chi connectivity index (χ2v) is 8.00. The van der Waals surface area contributed by atoms with Gasteiger partial charge in [0.15, 0.2) is 5.75 Å². The van der Waals surface area contributed by atoms with E-state index in [-0.39, 0.29) is 17.7 Å². The smallest absolute Gasteiger partial charge is 0.227 e. The minimum Gasteiger partial charge on any atom is -0.455 e. The fraction of sp³-hybridized carbons (Fsp3) is 0.333. The summed E-state index contributed by atoms with van der Waals surface area (Å²) in [7, 11) is 0. The number of nitrogens with one attached hydrogen (secondary N) is 1. The van der Waals surface area contributed by atoms with Crippen molar-refractivity contribution in [1.29, 1.82) is 0 Å². The summed E-state index contributed by atoms with van der Waals surface area (Å²) < 4.78 is 6.84. The number of anilines is 1. The highest BCUT2D eigenvalue weighted by Gasteiger charge is 2.26. The minimum absolute atomic E-state index is 0.0432. The van der Waals surface area contributed by atoms with E-state index in [4.69, 9.17) is 16.3 Å². The van der Waals surface area contributed by atoms with Crippen LogP contribution in [0.1, 0.15) is 25.3 Å². The SMILES string of the molecule is CC(=O)N1CCC(C(=O)Nc2ccccc2Oc2cc(Cl)cc(CI)c2)CC1. The molecule has 2 amide bonds. The number of amides is 2. The molecule has 2 aromatic rings. The number of ether oxygens (including phenoxy) is 1. The summed E-state index contributed by atoms with van der Waals surface area (Å²) in [5, 5.41) is 3.60. The van der Waals surface area contributed by atoms with E-state index < -0.39 is 0 Å². The normalized spacial score (nSPS) is 14.6. The van der Waals surface area contributed by atoms with Crippen molar-refractivity contribution >= 4 is 51.7 Å². The number of alkyl halides is 1. The van der Waals surface area contributed by atoms with E-state index in [0.29, 0.717) is 48.1 Å². The fourth-order valence-electron chi connectivity index (χ4n) is 3.23. The van der Waals surface area contributed by atoms with Crippen LogP contribution in [0.4, 0.5) is 5.69 Å². The molecule has 1 heterocycles. The molecule has 5 nitrogen and oxygen atoms in total. The van der Waals surface area contributed by atoms with Crippen molar-refractivity contribution in [3.8, 4) is 11.5 Å². The van der Waals surface area contributed by atoms with E-state index in [2.05, 4.69) is 27.9 Å². The maximum absolute atomic E-state index is 12.7. The van der Waals surface area contributed by atoms with Crippen LogP contribution >= 0.6 is 34.2 Å². The molecule has 0 atom stereocenters. The Morgan fingerprint density at radius 3 is 2.61 bits per heavy atom. The van der Waals surface area contributed by atoms with Gasteiger partial charge in [0.25, 0.3) is 0 Å². The van der Waals surface area contributed by atoms with Crippen LogP contribution in [0.25, 0.3) is 0 Å². The molecule has 0 radical (unpaired) electrons. The molecule has 0 bridgehead atoms. The first kappa shape index (κ1) is 20.9. The number of rotatable bonds is 5. The van der Waals surface area contributed by atoms with Crippen molar-refractivity contribution in [3.05, 3.63) is 53.1 Å². The summed E-state index contributed by atoms with van der Waals surface area (Å²) in [4.78, 5) is 25.9. The molecule has 3 rings (SSSR count). The Morgan fingerprint density at radius 1 is 1.21 bits per heavy atom. The van der Waals surface area contributed by atoms with Crippen molar-refractivity contribution in [2.45, 2.75) is 24.2 Å². The fourth-order valence-corrected chi connectivity index (χ4v) is 3.92. The van der Waals surface area contributed by atoms with E-state index in [1.165, 1.54) is 0 Å². The first-order valence-corrected chi connectivity index (χ1v) is 11.1. The lowest BCUT2D eigenvalue weighted by molar-refractivity contribution is -0.132. The molecule has 0 aromatic heterocycles. The molecule has 7 heteroatoms. The van der Waals surface area contributed by atoms with Crippen LogP contribution < -0.4 is 10.1 Å². The first-order chi connectivity index (χ1) is 13.5. The van der Waals surface area contributed by atoms with Crippen LogP contribution in [-0.4, -0.2) is 29.8 Å². The van der Waals surface area contributed by atoms with Crippen LogP contribution in [0.5, 0.6) is 11.5 Å². The Balaban J connectivity index is 1.70. The van der Waals surface area contributed by atoms with Gasteiger partial charge in [-0.05, 0) is 48.7 Å². The molecular weight excluding hydrogens is 491 g/mol. The largest absolute Gasteiger partial charge is 0.455 e. The number of hydrogen-bond donors (Lipinski definition) is 1. The van der Waals surface area contributed by atoms with Gasteiger partial charge in [-0.15, -0.1) is 0 Å². The van der Waals surface area contributed by atoms with Crippen LogP contribution in [0.15, 0.2) is 42.5 Å². The molecule has 0 aliphatic carbocycles. The zero-order chi connectivity index (χ0) is 20.1. The highest BCUT2D eigenvalue weighted by Crippen LogP contribution is 2.32. The number of hydrogen-bond acceptors (Lipinski definition) is 3. The molecule has 1 aliphatic rings. The molecule has 1 fully saturated rings. The van der Waals surface area contributed by atoms with Gasteiger partial charge in [-0.1, -0.05) is 46.3 Å². The third-order valence-electron chi connectivity index (χ3n) is 4.77. The quantitative estimate of drug-likeness (QED) is 0.439. The predicted octanol–water partition coefficient (Wildman–Crippen LogP) is 5.26. The van der Waals surface area contributed by atoms with Gasteiger partial charge in [0, 0.05) is 35.4 Å². The Kier molecular flexibility index (Phi) is 7.18. The second-order valence-electron chi connectivity index (χ2n) is 6.80. The van der Waals surface area contributed by atoms with Crippen LogP contribution in [0.3, 0.4) is 0 Å². The number of nitrogens with zero attached hydrogens (tertiary/aromatic N) is 1. The van der Waals surface area contributed by atoms with Gasteiger partial charge in [-0.3, -0.25) is 9.59 Å². The number of likely N-dealkylation sites (tertiary alicyclic amines) is 1. The number of carbonyl (C=O) groups is 2. The predicted molar refractivity (Wildman–Crippen MR) is 119 cm³/mol. The molecule has 0 unspecified atom stereocenters. The molecule has 1 saturated heterocycles. The van der Waals surface area contributed by atoms with Gasteiger partial charge in [-0.2, -0.15) is 0 Å². The Morgan fingerprint density at radius 2 is 1.93 bits per heavy atom. The van der Waals surface area contributed by atoms with Crippen molar-refractivity contribution in [3.63, 3.8) is 0 Å². The third-order valence-corrected chi connectivity index (χ3v) is 5.87. The lowest BCUT2D eigenvalue weighted by Crippen LogP contribution is -2.40. The number of benzene rings is 2. The van der Waals surface area contributed by atoms with Crippen LogP contribution in [0, 0.1) is 5.92 Å². The Bertz CT molecular complexity index is 866. The summed E-state index contributed by atoms with van der Waals surface area (Å²) >= 11 is 8.45. The molecule has 148 valence electrons. The van der Waals surface area contributed by atoms with E-state index in [1.54, 1.807) is 17.9 Å². The number of para-hydroxylation sites is 2. The molecule has 0 spiro atoms. The Labute approximate surface area is 183 Å². The summed E-state index contributed by atoms with van der Waals surface area (Å²) in [5.74, 6) is 1.11. The number of carbonyl (C=O) groups excluding carboxylic acids is 2. The monoisotopic (exact) mass is 512 g/mol. The summed E-state index contributed by atoms with van der Waals surface area (Å²) in [6.45, 7) is 2.80. The topological polar surface area (TPSA) is 58.6 Å². The van der Waals surface area contributed by atoms with Crippen molar-refractivity contribution in [1.82, 2.24) is 4.90 Å². The van der Waals surface area contributed by atoms with Gasteiger partial charge >= 0.3 is 0 Å². The van der Waals surface area contributed by atoms with Gasteiger partial charge in [-0.25, -0.2) is 0 Å². The lowest BCUT2D eigenvalue weighted by Gasteiger charge is -2.30. The first-order valence-electron chi connectivity index (χ1n) is 9.15. The highest BCUT2D eigenvalue weighted by atomic mass is 127. The molecule has 28 heavy (non-hydrogen) atoms. The second kappa shape index (κ2) is 9.60. The highest BCUT2D eigenvalue weighted by molar-refractivity contribution is 14.1. The summed E-state index contributed by atoms with van der Waals surface area (Å²) in [5.41, 5.74) is 1.69. The van der Waals surface area contributed by atoms with Gasteiger partial charge in [0.1, 0.15) is 5.75 Å². The average molecular weight is 513 g/mol. The average Bonchev–Trinajstić information content (AvgIpc) is 2.69. The summed E-state index contributed by atoms with van der Waals surface area (Å²) in [6, 6.07) is 13.0. The molecular formula is C21H22ClIN2O3. The van der Waals surface area contributed by atoms with Crippen molar-refractivity contribution in [2.24, 2.45) is 5.92 Å². The number of halogens is 2. The van der Waals surface area contributed by atoms with Crippen LogP contribution in [-0.2, 0) is 14.0 Å². The Hall–Kier alpha value is -1.80. The third kappa shape index (κ3) is 5.38. The van der Waals surface area contributed by atoms with E-state index in [9.17, 15) is 9.59 Å². The maximum atomic E-state index is 12.7. The standard InChI is InChI=1S/C21H22ClIN2O3/c1-14(26)25-8-6-16(7-9-25)21(27)24-19-4-2-3-5-20(19)28-18-11-15(13-23)10-17(22)12-18/h2-5,10-12,16H,6-9,13H2,1H3,(H,24,27). The zero-order valence-electron chi connectivity index (χ0n) is 15.6. The molecule has 0 saturated carbocycles. The maximum Gasteiger partial charge on any atom is 0.227 e. The molecule has 1 aliphatic heterocycles. The molecule has 2 aromatic carbocycles. The van der Waals surface area contributed by atoms with E-state index in [0.717, 1.165) is 9.99 Å². The minimum atomic E-state index is -0.111. The lowest BCUT2D eigenvalue weighted by atomic mass is 9.96.